The molecule has 1 atom stereocenters. The first-order chi connectivity index (χ1) is 7.55. The van der Waals surface area contributed by atoms with Crippen LogP contribution in [0.5, 0.6) is 0 Å². The van der Waals surface area contributed by atoms with E-state index in [2.05, 4.69) is 38.1 Å². The van der Waals surface area contributed by atoms with E-state index >= 15 is 0 Å². The van der Waals surface area contributed by atoms with Gasteiger partial charge in [0.1, 0.15) is 0 Å². The van der Waals surface area contributed by atoms with Gasteiger partial charge in [0, 0.05) is 0 Å². The highest BCUT2D eigenvalue weighted by Gasteiger charge is 2.27. The Kier molecular flexibility index (Phi) is 3.15. The number of rotatable bonds is 2. The molecule has 1 N–H and O–H groups in total. The molecule has 16 heavy (non-hydrogen) atoms. The van der Waals surface area contributed by atoms with Gasteiger partial charge < -0.3 is 5.11 Å². The number of benzene rings is 1. The molecule has 1 aromatic carbocycles. The minimum absolute atomic E-state index is 0.234. The van der Waals surface area contributed by atoms with Crippen LogP contribution in [-0.4, -0.2) is 11.2 Å². The van der Waals surface area contributed by atoms with E-state index in [1.54, 1.807) is 0 Å². The summed E-state index contributed by atoms with van der Waals surface area (Å²) in [5.74, 6) is 0. The third-order valence-corrected chi connectivity index (χ3v) is 3.17. The van der Waals surface area contributed by atoms with E-state index in [0.717, 1.165) is 19.3 Å². The van der Waals surface area contributed by atoms with Gasteiger partial charge in [0.2, 0.25) is 0 Å². The van der Waals surface area contributed by atoms with Gasteiger partial charge in [0.25, 0.3) is 0 Å². The van der Waals surface area contributed by atoms with Crippen molar-refractivity contribution in [2.24, 2.45) is 5.41 Å². The number of aliphatic hydroxyl groups is 1. The Bertz CT molecular complexity index is 376. The lowest BCUT2D eigenvalue weighted by Crippen LogP contribution is -2.25. The van der Waals surface area contributed by atoms with E-state index in [9.17, 15) is 5.11 Å². The van der Waals surface area contributed by atoms with Crippen LogP contribution in [0.25, 0.3) is 0 Å². The molecule has 2 rings (SSSR count). The average molecular weight is 216 g/mol. The smallest absolute Gasteiger partial charge is 0.0728 e. The molecular weight excluding hydrogens is 196 g/mol. The van der Waals surface area contributed by atoms with E-state index in [1.165, 1.54) is 11.1 Å². The van der Waals surface area contributed by atoms with Crippen molar-refractivity contribution in [3.05, 3.63) is 47.5 Å². The summed E-state index contributed by atoms with van der Waals surface area (Å²) in [6.07, 6.45) is 4.73. The van der Waals surface area contributed by atoms with Crippen molar-refractivity contribution < 1.29 is 5.11 Å². The summed E-state index contributed by atoms with van der Waals surface area (Å²) < 4.78 is 0. The third-order valence-electron chi connectivity index (χ3n) is 3.17. The van der Waals surface area contributed by atoms with E-state index in [1.807, 2.05) is 12.1 Å². The summed E-state index contributed by atoms with van der Waals surface area (Å²) >= 11 is 0. The van der Waals surface area contributed by atoms with Gasteiger partial charge in [0.05, 0.1) is 6.10 Å². The van der Waals surface area contributed by atoms with E-state index in [4.69, 9.17) is 0 Å². The van der Waals surface area contributed by atoms with Gasteiger partial charge in [-0.2, -0.15) is 0 Å². The third kappa shape index (κ3) is 2.96. The van der Waals surface area contributed by atoms with Crippen LogP contribution in [0.4, 0.5) is 0 Å². The van der Waals surface area contributed by atoms with Gasteiger partial charge in [-0.3, -0.25) is 0 Å². The van der Waals surface area contributed by atoms with Crippen LogP contribution in [-0.2, 0) is 6.42 Å². The molecule has 0 aromatic heterocycles. The molecule has 0 saturated heterocycles. The van der Waals surface area contributed by atoms with Crippen LogP contribution >= 0.6 is 0 Å². The molecule has 0 fully saturated rings. The molecule has 0 heterocycles. The van der Waals surface area contributed by atoms with Crippen molar-refractivity contribution in [3.8, 4) is 0 Å². The second-order valence-electron chi connectivity index (χ2n) is 5.60. The van der Waals surface area contributed by atoms with Gasteiger partial charge in [-0.05, 0) is 30.2 Å². The van der Waals surface area contributed by atoms with Crippen LogP contribution in [0.3, 0.4) is 0 Å². The molecule has 0 spiro atoms. The van der Waals surface area contributed by atoms with Crippen LogP contribution in [0.1, 0.15) is 32.3 Å². The Labute approximate surface area is 97.8 Å². The summed E-state index contributed by atoms with van der Waals surface area (Å²) in [6, 6.07) is 10.5. The Morgan fingerprint density at radius 2 is 1.94 bits per heavy atom. The Balaban J connectivity index is 2.11. The molecule has 0 saturated carbocycles. The monoisotopic (exact) mass is 216 g/mol. The van der Waals surface area contributed by atoms with Crippen molar-refractivity contribution in [2.75, 3.05) is 0 Å². The van der Waals surface area contributed by atoms with Crippen molar-refractivity contribution in [1.29, 1.82) is 0 Å². The normalized spacial score (nSPS) is 23.9. The van der Waals surface area contributed by atoms with Gasteiger partial charge in [0.15, 0.2) is 0 Å². The summed E-state index contributed by atoms with van der Waals surface area (Å²) in [6.45, 7) is 4.46. The first-order valence-electron chi connectivity index (χ1n) is 5.97. The molecule has 1 nitrogen and oxygen atoms in total. The molecule has 1 aromatic rings. The molecule has 1 aliphatic carbocycles. The number of aliphatic hydroxyl groups excluding tert-OH is 1. The minimum Gasteiger partial charge on any atom is -0.389 e. The first kappa shape index (κ1) is 11.4. The molecule has 0 amide bonds. The summed E-state index contributed by atoms with van der Waals surface area (Å²) in [7, 11) is 0. The molecule has 1 aliphatic rings. The molecule has 0 radical (unpaired) electrons. The lowest BCUT2D eigenvalue weighted by molar-refractivity contribution is 0.138. The SMILES string of the molecule is CC1(C)CC(Cc2ccccc2)=CC(O)C1. The average Bonchev–Trinajstić information content (AvgIpc) is 2.15. The largest absolute Gasteiger partial charge is 0.389 e. The fraction of sp³-hybridized carbons (Fsp3) is 0.467. The maximum Gasteiger partial charge on any atom is 0.0728 e. The standard InChI is InChI=1S/C15H20O/c1-15(2)10-13(9-14(16)11-15)8-12-6-4-3-5-7-12/h3-7,9,14,16H,8,10-11H2,1-2H3. The Hall–Kier alpha value is -1.08. The van der Waals surface area contributed by atoms with Crippen LogP contribution in [0, 0.1) is 5.41 Å². The van der Waals surface area contributed by atoms with Crippen LogP contribution in [0.15, 0.2) is 42.0 Å². The van der Waals surface area contributed by atoms with Crippen LogP contribution < -0.4 is 0 Å². The minimum atomic E-state index is -0.262. The highest BCUT2D eigenvalue weighted by Crippen LogP contribution is 2.36. The van der Waals surface area contributed by atoms with Crippen molar-refractivity contribution in [2.45, 2.75) is 39.2 Å². The summed E-state index contributed by atoms with van der Waals surface area (Å²) in [5, 5.41) is 9.82. The van der Waals surface area contributed by atoms with Crippen LogP contribution in [0.2, 0.25) is 0 Å². The highest BCUT2D eigenvalue weighted by molar-refractivity contribution is 5.24. The summed E-state index contributed by atoms with van der Waals surface area (Å²) in [4.78, 5) is 0. The van der Waals surface area contributed by atoms with E-state index in [0.29, 0.717) is 0 Å². The fourth-order valence-electron chi connectivity index (χ4n) is 2.62. The maximum atomic E-state index is 9.82. The van der Waals surface area contributed by atoms with Gasteiger partial charge in [-0.25, -0.2) is 0 Å². The van der Waals surface area contributed by atoms with Crippen molar-refractivity contribution in [3.63, 3.8) is 0 Å². The molecule has 1 unspecified atom stereocenters. The predicted octanol–water partition coefficient (Wildman–Crippen LogP) is 3.34. The second-order valence-corrected chi connectivity index (χ2v) is 5.60. The molecule has 1 heteroatoms. The predicted molar refractivity (Wildman–Crippen MR) is 67.3 cm³/mol. The van der Waals surface area contributed by atoms with Crippen molar-refractivity contribution in [1.82, 2.24) is 0 Å². The number of hydrogen-bond acceptors (Lipinski definition) is 1. The maximum absolute atomic E-state index is 9.82. The zero-order valence-electron chi connectivity index (χ0n) is 10.1. The first-order valence-corrected chi connectivity index (χ1v) is 5.97. The van der Waals surface area contributed by atoms with E-state index < -0.39 is 0 Å². The van der Waals surface area contributed by atoms with E-state index in [-0.39, 0.29) is 11.5 Å². The zero-order chi connectivity index (χ0) is 11.6. The highest BCUT2D eigenvalue weighted by atomic mass is 16.3. The van der Waals surface area contributed by atoms with Gasteiger partial charge >= 0.3 is 0 Å². The Morgan fingerprint density at radius 1 is 1.25 bits per heavy atom. The fourth-order valence-corrected chi connectivity index (χ4v) is 2.62. The number of allylic oxidation sites excluding steroid dienone is 1. The molecule has 0 bridgehead atoms. The van der Waals surface area contributed by atoms with Gasteiger partial charge in [-0.15, -0.1) is 0 Å². The van der Waals surface area contributed by atoms with Gasteiger partial charge in [-0.1, -0.05) is 55.8 Å². The topological polar surface area (TPSA) is 20.2 Å². The Morgan fingerprint density at radius 3 is 2.56 bits per heavy atom. The van der Waals surface area contributed by atoms with Crippen molar-refractivity contribution >= 4 is 0 Å². The quantitative estimate of drug-likeness (QED) is 0.752. The lowest BCUT2D eigenvalue weighted by atomic mass is 9.75. The number of hydrogen-bond donors (Lipinski definition) is 1. The second kappa shape index (κ2) is 4.42. The zero-order valence-corrected chi connectivity index (χ0v) is 10.1. The summed E-state index contributed by atoms with van der Waals surface area (Å²) in [5.41, 5.74) is 2.94. The lowest BCUT2D eigenvalue weighted by Gasteiger charge is -2.32. The molecular formula is C15H20O. The molecule has 86 valence electrons. The molecule has 0 aliphatic heterocycles.